The van der Waals surface area contributed by atoms with E-state index in [4.69, 9.17) is 4.74 Å². The molecule has 0 spiro atoms. The summed E-state index contributed by atoms with van der Waals surface area (Å²) in [5.74, 6) is 0.883. The van der Waals surface area contributed by atoms with Crippen molar-refractivity contribution in [1.29, 1.82) is 0 Å². The van der Waals surface area contributed by atoms with Crippen molar-refractivity contribution in [2.45, 2.75) is 26.2 Å². The predicted octanol–water partition coefficient (Wildman–Crippen LogP) is 4.68. The molecule has 1 N–H and O–H groups in total. The molecule has 0 radical (unpaired) electrons. The summed E-state index contributed by atoms with van der Waals surface area (Å²) in [7, 11) is 1.64. The number of carbonyl (C=O) groups excluding carboxylic acids is 1. The maximum atomic E-state index is 12.4. The lowest BCUT2D eigenvalue weighted by Crippen LogP contribution is -2.14. The van der Waals surface area contributed by atoms with Gasteiger partial charge in [0.2, 0.25) is 5.91 Å². The SMILES string of the molecule is COc1cccc(C(C)CC(=O)Nc2cnc3ccc(C)cc3c2)c1. The van der Waals surface area contributed by atoms with Crippen molar-refractivity contribution in [3.63, 3.8) is 0 Å². The van der Waals surface area contributed by atoms with Crippen LogP contribution < -0.4 is 10.1 Å². The smallest absolute Gasteiger partial charge is 0.225 e. The van der Waals surface area contributed by atoms with E-state index in [1.165, 1.54) is 5.56 Å². The number of ether oxygens (including phenoxy) is 1. The van der Waals surface area contributed by atoms with Gasteiger partial charge in [-0.25, -0.2) is 0 Å². The summed E-state index contributed by atoms with van der Waals surface area (Å²) >= 11 is 0. The highest BCUT2D eigenvalue weighted by atomic mass is 16.5. The van der Waals surface area contributed by atoms with E-state index >= 15 is 0 Å². The van der Waals surface area contributed by atoms with E-state index in [0.717, 1.165) is 27.9 Å². The van der Waals surface area contributed by atoms with Crippen molar-refractivity contribution in [2.75, 3.05) is 12.4 Å². The normalized spacial score (nSPS) is 12.0. The van der Waals surface area contributed by atoms with E-state index in [9.17, 15) is 4.79 Å². The molecule has 3 rings (SSSR count). The molecule has 0 aliphatic heterocycles. The largest absolute Gasteiger partial charge is 0.497 e. The van der Waals surface area contributed by atoms with E-state index in [2.05, 4.69) is 16.4 Å². The quantitative estimate of drug-likeness (QED) is 0.737. The fourth-order valence-electron chi connectivity index (χ4n) is 2.88. The van der Waals surface area contributed by atoms with Crippen LogP contribution in [0.2, 0.25) is 0 Å². The lowest BCUT2D eigenvalue weighted by molar-refractivity contribution is -0.116. The van der Waals surface area contributed by atoms with E-state index in [1.807, 2.05) is 56.3 Å². The minimum Gasteiger partial charge on any atom is -0.497 e. The monoisotopic (exact) mass is 334 g/mol. The molecule has 25 heavy (non-hydrogen) atoms. The zero-order valence-electron chi connectivity index (χ0n) is 14.7. The fourth-order valence-corrected chi connectivity index (χ4v) is 2.88. The topological polar surface area (TPSA) is 51.2 Å². The number of carbonyl (C=O) groups is 1. The van der Waals surface area contributed by atoms with Crippen LogP contribution >= 0.6 is 0 Å². The molecule has 1 aromatic heterocycles. The Labute approximate surface area is 147 Å². The number of nitrogens with zero attached hydrogens (tertiary/aromatic N) is 1. The standard InChI is InChI=1S/C21H22N2O2/c1-14-7-8-20-17(9-14)11-18(13-22-20)23-21(24)10-15(2)16-5-4-6-19(12-16)25-3/h4-9,11-13,15H,10H2,1-3H3,(H,23,24). The highest BCUT2D eigenvalue weighted by molar-refractivity contribution is 5.93. The number of aromatic nitrogens is 1. The Hall–Kier alpha value is -2.88. The van der Waals surface area contributed by atoms with Crippen molar-refractivity contribution in [3.8, 4) is 5.75 Å². The Morgan fingerprint density at radius 3 is 2.84 bits per heavy atom. The van der Waals surface area contributed by atoms with E-state index in [-0.39, 0.29) is 11.8 Å². The molecule has 0 aliphatic rings. The van der Waals surface area contributed by atoms with Gasteiger partial charge in [0.25, 0.3) is 0 Å². The maximum absolute atomic E-state index is 12.4. The number of fused-ring (bicyclic) bond motifs is 1. The highest BCUT2D eigenvalue weighted by Crippen LogP contribution is 2.24. The van der Waals surface area contributed by atoms with Crippen LogP contribution in [-0.4, -0.2) is 18.0 Å². The average molecular weight is 334 g/mol. The first-order chi connectivity index (χ1) is 12.0. The van der Waals surface area contributed by atoms with Gasteiger partial charge in [0.1, 0.15) is 5.75 Å². The second-order valence-corrected chi connectivity index (χ2v) is 6.35. The molecule has 1 amide bonds. The second-order valence-electron chi connectivity index (χ2n) is 6.35. The molecule has 4 nitrogen and oxygen atoms in total. The van der Waals surface area contributed by atoms with Crippen LogP contribution in [0, 0.1) is 6.92 Å². The number of anilines is 1. The Balaban J connectivity index is 1.69. The number of amides is 1. The number of hydrogen-bond donors (Lipinski definition) is 1. The predicted molar refractivity (Wildman–Crippen MR) is 101 cm³/mol. The lowest BCUT2D eigenvalue weighted by Gasteiger charge is -2.13. The average Bonchev–Trinajstić information content (AvgIpc) is 2.61. The van der Waals surface area contributed by atoms with Gasteiger partial charge in [-0.1, -0.05) is 30.7 Å². The van der Waals surface area contributed by atoms with Crippen LogP contribution in [0.1, 0.15) is 30.4 Å². The third kappa shape index (κ3) is 4.15. The van der Waals surface area contributed by atoms with Crippen LogP contribution in [0.15, 0.2) is 54.7 Å². The van der Waals surface area contributed by atoms with E-state index < -0.39 is 0 Å². The second kappa shape index (κ2) is 7.34. The Kier molecular flexibility index (Phi) is 4.98. The number of methoxy groups -OCH3 is 1. The minimum absolute atomic E-state index is 0.0240. The number of benzene rings is 2. The van der Waals surface area contributed by atoms with Gasteiger partial charge in [-0.3, -0.25) is 9.78 Å². The minimum atomic E-state index is -0.0240. The lowest BCUT2D eigenvalue weighted by atomic mass is 9.97. The molecule has 1 unspecified atom stereocenters. The zero-order chi connectivity index (χ0) is 17.8. The summed E-state index contributed by atoms with van der Waals surface area (Å²) in [6.45, 7) is 4.08. The summed E-state index contributed by atoms with van der Waals surface area (Å²) in [6, 6.07) is 15.9. The van der Waals surface area contributed by atoms with Gasteiger partial charge in [0.15, 0.2) is 0 Å². The Morgan fingerprint density at radius 1 is 1.20 bits per heavy atom. The van der Waals surface area contributed by atoms with Crippen LogP contribution in [0.3, 0.4) is 0 Å². The molecule has 1 atom stereocenters. The third-order valence-corrected chi connectivity index (χ3v) is 4.27. The molecule has 0 saturated carbocycles. The molecule has 0 saturated heterocycles. The molecule has 4 heteroatoms. The van der Waals surface area contributed by atoms with E-state index in [1.54, 1.807) is 13.3 Å². The summed E-state index contributed by atoms with van der Waals surface area (Å²) in [4.78, 5) is 16.8. The van der Waals surface area contributed by atoms with Gasteiger partial charge < -0.3 is 10.1 Å². The van der Waals surface area contributed by atoms with Crippen LogP contribution in [-0.2, 0) is 4.79 Å². The van der Waals surface area contributed by atoms with Crippen LogP contribution in [0.25, 0.3) is 10.9 Å². The highest BCUT2D eigenvalue weighted by Gasteiger charge is 2.12. The molecular formula is C21H22N2O2. The number of hydrogen-bond acceptors (Lipinski definition) is 3. The molecule has 0 bridgehead atoms. The van der Waals surface area contributed by atoms with Crippen molar-refractivity contribution >= 4 is 22.5 Å². The third-order valence-electron chi connectivity index (χ3n) is 4.27. The van der Waals surface area contributed by atoms with Gasteiger partial charge in [0.05, 0.1) is 24.5 Å². The number of aryl methyl sites for hydroxylation is 1. The van der Waals surface area contributed by atoms with Crippen molar-refractivity contribution in [1.82, 2.24) is 4.98 Å². The summed E-state index contributed by atoms with van der Waals surface area (Å²) < 4.78 is 5.25. The summed E-state index contributed by atoms with van der Waals surface area (Å²) in [5.41, 5.74) is 3.90. The molecular weight excluding hydrogens is 312 g/mol. The Bertz CT molecular complexity index is 905. The van der Waals surface area contributed by atoms with Crippen LogP contribution in [0.5, 0.6) is 5.75 Å². The molecule has 1 heterocycles. The van der Waals surface area contributed by atoms with Crippen molar-refractivity contribution in [2.24, 2.45) is 0 Å². The van der Waals surface area contributed by atoms with Gasteiger partial charge in [-0.05, 0) is 48.7 Å². The number of pyridine rings is 1. The fraction of sp³-hybridized carbons (Fsp3) is 0.238. The molecule has 0 aliphatic carbocycles. The van der Waals surface area contributed by atoms with Gasteiger partial charge in [-0.2, -0.15) is 0 Å². The zero-order valence-corrected chi connectivity index (χ0v) is 14.7. The number of nitrogens with one attached hydrogen (secondary N) is 1. The first-order valence-electron chi connectivity index (χ1n) is 8.35. The molecule has 0 fully saturated rings. The van der Waals surface area contributed by atoms with Crippen LogP contribution in [0.4, 0.5) is 5.69 Å². The van der Waals surface area contributed by atoms with Crippen molar-refractivity contribution in [3.05, 3.63) is 65.9 Å². The number of rotatable bonds is 5. The Morgan fingerprint density at radius 2 is 2.04 bits per heavy atom. The van der Waals surface area contributed by atoms with Crippen molar-refractivity contribution < 1.29 is 9.53 Å². The van der Waals surface area contributed by atoms with E-state index in [0.29, 0.717) is 6.42 Å². The molecule has 2 aromatic carbocycles. The maximum Gasteiger partial charge on any atom is 0.225 e. The molecule has 3 aromatic rings. The molecule has 128 valence electrons. The van der Waals surface area contributed by atoms with Gasteiger partial charge in [0, 0.05) is 11.8 Å². The van der Waals surface area contributed by atoms with Gasteiger partial charge >= 0.3 is 0 Å². The van der Waals surface area contributed by atoms with Gasteiger partial charge in [-0.15, -0.1) is 0 Å². The summed E-state index contributed by atoms with van der Waals surface area (Å²) in [6.07, 6.45) is 2.10. The first kappa shape index (κ1) is 17.0. The first-order valence-corrected chi connectivity index (χ1v) is 8.35. The summed E-state index contributed by atoms with van der Waals surface area (Å²) in [5, 5.41) is 3.98.